The van der Waals surface area contributed by atoms with E-state index in [1.54, 1.807) is 0 Å². The molecule has 1 aromatic heterocycles. The van der Waals surface area contributed by atoms with Crippen molar-refractivity contribution in [2.75, 3.05) is 13.1 Å². The van der Waals surface area contributed by atoms with Gasteiger partial charge >= 0.3 is 0 Å². The Morgan fingerprint density at radius 3 is 3.06 bits per heavy atom. The smallest absolute Gasteiger partial charge is 0.222 e. The summed E-state index contributed by atoms with van der Waals surface area (Å²) in [5.41, 5.74) is 1.00. The van der Waals surface area contributed by atoms with Crippen molar-refractivity contribution in [2.45, 2.75) is 32.4 Å². The largest absolute Gasteiger partial charge is 0.341 e. The summed E-state index contributed by atoms with van der Waals surface area (Å²) in [6.07, 6.45) is 1.71. The monoisotopic (exact) mass is 311 g/mol. The van der Waals surface area contributed by atoms with Crippen LogP contribution in [0.1, 0.15) is 25.5 Å². The third kappa shape index (κ3) is 3.78. The fourth-order valence-corrected chi connectivity index (χ4v) is 2.50. The lowest BCUT2D eigenvalue weighted by Crippen LogP contribution is -2.39. The van der Waals surface area contributed by atoms with Crippen molar-refractivity contribution >= 4 is 21.8 Å². The Labute approximate surface area is 116 Å². The quantitative estimate of drug-likeness (QED) is 0.845. The van der Waals surface area contributed by atoms with Crippen molar-refractivity contribution in [2.24, 2.45) is 0 Å². The number of nitrogens with zero attached hydrogens (tertiary/aromatic N) is 2. The van der Waals surface area contributed by atoms with Crippen molar-refractivity contribution in [3.05, 3.63) is 28.5 Å². The van der Waals surface area contributed by atoms with E-state index in [1.165, 1.54) is 0 Å². The van der Waals surface area contributed by atoms with Crippen LogP contribution in [0.15, 0.2) is 22.8 Å². The highest BCUT2D eigenvalue weighted by Gasteiger charge is 2.21. The minimum absolute atomic E-state index is 0.282. The molecule has 0 aliphatic carbocycles. The maximum Gasteiger partial charge on any atom is 0.222 e. The first-order chi connectivity index (χ1) is 8.65. The van der Waals surface area contributed by atoms with Gasteiger partial charge < -0.3 is 10.2 Å². The zero-order valence-corrected chi connectivity index (χ0v) is 12.1. The van der Waals surface area contributed by atoms with E-state index >= 15 is 0 Å². The molecule has 0 radical (unpaired) electrons. The van der Waals surface area contributed by atoms with Gasteiger partial charge in [0.1, 0.15) is 4.60 Å². The summed E-state index contributed by atoms with van der Waals surface area (Å²) in [7, 11) is 0. The van der Waals surface area contributed by atoms with Gasteiger partial charge in [-0.25, -0.2) is 4.98 Å². The highest BCUT2D eigenvalue weighted by Crippen LogP contribution is 2.10. The number of hydrogen-bond donors (Lipinski definition) is 1. The summed E-state index contributed by atoms with van der Waals surface area (Å²) in [6.45, 7) is 4.51. The molecule has 4 nitrogen and oxygen atoms in total. The Bertz CT molecular complexity index is 424. The molecule has 0 bridgehead atoms. The van der Waals surface area contributed by atoms with Crippen LogP contribution in [-0.2, 0) is 11.3 Å². The van der Waals surface area contributed by atoms with Crippen LogP contribution in [0.3, 0.4) is 0 Å². The topological polar surface area (TPSA) is 45.2 Å². The fraction of sp³-hybridized carbons (Fsp3) is 0.538. The van der Waals surface area contributed by atoms with Crippen LogP contribution < -0.4 is 5.32 Å². The molecule has 1 atom stereocenters. The number of nitrogens with one attached hydrogen (secondary N) is 1. The van der Waals surface area contributed by atoms with Crippen molar-refractivity contribution in [1.82, 2.24) is 15.2 Å². The number of aromatic nitrogens is 1. The van der Waals surface area contributed by atoms with Crippen LogP contribution in [0.25, 0.3) is 0 Å². The van der Waals surface area contributed by atoms with Gasteiger partial charge in [-0.2, -0.15) is 0 Å². The van der Waals surface area contributed by atoms with Crippen LogP contribution in [0.4, 0.5) is 0 Å². The molecular formula is C13H18BrN3O. The summed E-state index contributed by atoms with van der Waals surface area (Å²) < 4.78 is 0.851. The zero-order valence-electron chi connectivity index (χ0n) is 10.5. The number of rotatable bonds is 5. The van der Waals surface area contributed by atoms with Crippen molar-refractivity contribution < 1.29 is 4.79 Å². The van der Waals surface area contributed by atoms with Gasteiger partial charge in [0.15, 0.2) is 0 Å². The lowest BCUT2D eigenvalue weighted by molar-refractivity contribution is -0.127. The molecule has 1 N–H and O–H groups in total. The van der Waals surface area contributed by atoms with E-state index in [-0.39, 0.29) is 11.9 Å². The van der Waals surface area contributed by atoms with E-state index in [2.05, 4.69) is 33.2 Å². The van der Waals surface area contributed by atoms with Crippen molar-refractivity contribution in [3.8, 4) is 0 Å². The second-order valence-corrected chi connectivity index (χ2v) is 5.49. The molecule has 1 aliphatic heterocycles. The number of carbonyl (C=O) groups is 1. The van der Waals surface area contributed by atoms with Crippen LogP contribution in [0.5, 0.6) is 0 Å². The van der Waals surface area contributed by atoms with E-state index in [0.717, 1.165) is 36.4 Å². The molecule has 0 aromatic carbocycles. The lowest BCUT2D eigenvalue weighted by Gasteiger charge is -2.21. The molecule has 98 valence electrons. The molecule has 0 spiro atoms. The third-order valence-electron chi connectivity index (χ3n) is 3.07. The summed E-state index contributed by atoms with van der Waals surface area (Å²) in [5, 5.41) is 3.40. The van der Waals surface area contributed by atoms with Gasteiger partial charge in [0.2, 0.25) is 5.91 Å². The maximum atomic E-state index is 11.5. The predicted molar refractivity (Wildman–Crippen MR) is 74.1 cm³/mol. The summed E-state index contributed by atoms with van der Waals surface area (Å²) in [5.74, 6) is 0.282. The SMILES string of the molecule is CC(CN1CCCC1=O)NCc1cccc(Br)n1. The van der Waals surface area contributed by atoms with Crippen LogP contribution in [0.2, 0.25) is 0 Å². The van der Waals surface area contributed by atoms with E-state index in [0.29, 0.717) is 6.42 Å². The van der Waals surface area contributed by atoms with Crippen molar-refractivity contribution in [3.63, 3.8) is 0 Å². The highest BCUT2D eigenvalue weighted by atomic mass is 79.9. The van der Waals surface area contributed by atoms with Crippen LogP contribution in [-0.4, -0.2) is 34.9 Å². The van der Waals surface area contributed by atoms with Gasteiger partial charge in [-0.1, -0.05) is 6.07 Å². The molecule has 1 aliphatic rings. The Morgan fingerprint density at radius 1 is 1.56 bits per heavy atom. The lowest BCUT2D eigenvalue weighted by atomic mass is 10.3. The molecule has 1 amide bonds. The number of pyridine rings is 1. The van der Waals surface area contributed by atoms with Gasteiger partial charge in [0, 0.05) is 32.1 Å². The van der Waals surface area contributed by atoms with E-state index in [9.17, 15) is 4.79 Å². The van der Waals surface area contributed by atoms with Crippen molar-refractivity contribution in [1.29, 1.82) is 0 Å². The van der Waals surface area contributed by atoms with Gasteiger partial charge in [-0.3, -0.25) is 4.79 Å². The molecule has 2 rings (SSSR count). The number of amides is 1. The van der Waals surface area contributed by atoms with Gasteiger partial charge in [-0.05, 0) is 41.4 Å². The predicted octanol–water partition coefficient (Wildman–Crippen LogP) is 1.94. The molecule has 1 aromatic rings. The molecule has 1 fully saturated rings. The molecular weight excluding hydrogens is 294 g/mol. The summed E-state index contributed by atoms with van der Waals surface area (Å²) >= 11 is 3.36. The van der Waals surface area contributed by atoms with Gasteiger partial charge in [0.05, 0.1) is 5.69 Å². The molecule has 2 heterocycles. The van der Waals surface area contributed by atoms with E-state index < -0.39 is 0 Å². The molecule has 0 saturated carbocycles. The van der Waals surface area contributed by atoms with Gasteiger partial charge in [-0.15, -0.1) is 0 Å². The fourth-order valence-electron chi connectivity index (χ4n) is 2.12. The maximum absolute atomic E-state index is 11.5. The Kier molecular flexibility index (Phi) is 4.72. The molecule has 18 heavy (non-hydrogen) atoms. The average Bonchev–Trinajstić information content (AvgIpc) is 2.73. The number of likely N-dealkylation sites (tertiary alicyclic amines) is 1. The Hall–Kier alpha value is -0.940. The number of hydrogen-bond acceptors (Lipinski definition) is 3. The number of halogens is 1. The summed E-state index contributed by atoms with van der Waals surface area (Å²) in [6, 6.07) is 6.16. The first kappa shape index (κ1) is 13.5. The summed E-state index contributed by atoms with van der Waals surface area (Å²) in [4.78, 5) is 17.8. The van der Waals surface area contributed by atoms with E-state index in [4.69, 9.17) is 0 Å². The Balaban J connectivity index is 1.77. The normalized spacial score (nSPS) is 17.2. The Morgan fingerprint density at radius 2 is 2.39 bits per heavy atom. The minimum Gasteiger partial charge on any atom is -0.341 e. The first-order valence-electron chi connectivity index (χ1n) is 6.28. The van der Waals surface area contributed by atoms with Crippen LogP contribution in [0, 0.1) is 0 Å². The average molecular weight is 312 g/mol. The third-order valence-corrected chi connectivity index (χ3v) is 3.51. The molecule has 1 saturated heterocycles. The minimum atomic E-state index is 0.282. The standard InChI is InChI=1S/C13H18BrN3O/c1-10(9-17-7-3-6-13(17)18)15-8-11-4-2-5-12(14)16-11/h2,4-5,10,15H,3,6-9H2,1H3. The van der Waals surface area contributed by atoms with Crippen LogP contribution >= 0.6 is 15.9 Å². The number of carbonyl (C=O) groups excluding carboxylic acids is 1. The van der Waals surface area contributed by atoms with E-state index in [1.807, 2.05) is 23.1 Å². The zero-order chi connectivity index (χ0) is 13.0. The molecule has 1 unspecified atom stereocenters. The molecule has 5 heteroatoms. The van der Waals surface area contributed by atoms with Gasteiger partial charge in [0.25, 0.3) is 0 Å². The second-order valence-electron chi connectivity index (χ2n) is 4.68. The first-order valence-corrected chi connectivity index (χ1v) is 7.07. The second kappa shape index (κ2) is 6.29. The highest BCUT2D eigenvalue weighted by molar-refractivity contribution is 9.10.